The zero-order chi connectivity index (χ0) is 20.1. The van der Waals surface area contributed by atoms with Crippen LogP contribution in [-0.4, -0.2) is 51.6 Å². The Morgan fingerprint density at radius 1 is 1.24 bits per heavy atom. The van der Waals surface area contributed by atoms with E-state index in [0.29, 0.717) is 13.2 Å². The number of carbonyl (C=O) groups is 2. The quantitative estimate of drug-likeness (QED) is 0.722. The molecule has 0 radical (unpaired) electrons. The molecule has 0 unspecified atom stereocenters. The van der Waals surface area contributed by atoms with E-state index in [9.17, 15) is 9.59 Å². The molecule has 2 aromatic heterocycles. The molecule has 3 heterocycles. The Kier molecular flexibility index (Phi) is 6.89. The van der Waals surface area contributed by atoms with Crippen molar-refractivity contribution < 1.29 is 14.3 Å². The summed E-state index contributed by atoms with van der Waals surface area (Å²) in [7, 11) is 0. The number of amides is 2. The van der Waals surface area contributed by atoms with Crippen LogP contribution in [0.1, 0.15) is 66.4 Å². The molecule has 7 nitrogen and oxygen atoms in total. The van der Waals surface area contributed by atoms with Gasteiger partial charge in [0.25, 0.3) is 5.91 Å². The lowest BCUT2D eigenvalue weighted by Gasteiger charge is -2.33. The van der Waals surface area contributed by atoms with Crippen LogP contribution in [-0.2, 0) is 9.53 Å². The molecule has 0 spiro atoms. The van der Waals surface area contributed by atoms with Gasteiger partial charge in [0.2, 0.25) is 5.91 Å². The molecule has 0 bridgehead atoms. The molecule has 2 atom stereocenters. The van der Waals surface area contributed by atoms with Crippen LogP contribution < -0.4 is 5.32 Å². The van der Waals surface area contributed by atoms with E-state index >= 15 is 0 Å². The molecular weight excluding hydrogens is 408 g/mol. The number of aromatic nitrogens is 2. The fraction of sp³-hybridized carbons (Fsp3) is 0.600. The van der Waals surface area contributed by atoms with Crippen molar-refractivity contribution in [2.75, 3.05) is 13.2 Å². The Morgan fingerprint density at radius 2 is 2.10 bits per heavy atom. The lowest BCUT2D eigenvalue weighted by Crippen LogP contribution is -2.49. The van der Waals surface area contributed by atoms with Crippen molar-refractivity contribution in [3.63, 3.8) is 0 Å². The maximum atomic E-state index is 13.4. The van der Waals surface area contributed by atoms with Gasteiger partial charge in [-0.05, 0) is 48.7 Å². The van der Waals surface area contributed by atoms with Gasteiger partial charge in [-0.1, -0.05) is 29.8 Å². The number of ether oxygens (including phenoxy) is 1. The third kappa shape index (κ3) is 5.02. The Labute approximate surface area is 178 Å². The number of nitrogens with one attached hydrogen (secondary N) is 1. The maximum Gasteiger partial charge on any atom is 0.276 e. The molecule has 1 N–H and O–H groups in total. The third-order valence-electron chi connectivity index (χ3n) is 5.59. The standard InChI is InChI=1S/C20H26N4O3S2/c25-19(21-14-6-2-1-3-7-14)18(17-9-5-11-28-17)24(12-15-8-4-10-27-15)20(26)16-13-29-23-22-16/h5,9,11,13-15,18H,1-4,6-8,10,12H2,(H,21,25)/t15-,18+/m0/s1. The number of hydrogen-bond donors (Lipinski definition) is 1. The van der Waals surface area contributed by atoms with Gasteiger partial charge in [0.05, 0.1) is 6.10 Å². The predicted octanol–water partition coefficient (Wildman–Crippen LogP) is 3.41. The molecule has 2 aliphatic rings. The van der Waals surface area contributed by atoms with Gasteiger partial charge >= 0.3 is 0 Å². The molecule has 2 fully saturated rings. The van der Waals surface area contributed by atoms with E-state index in [1.54, 1.807) is 10.3 Å². The summed E-state index contributed by atoms with van der Waals surface area (Å²) < 4.78 is 9.63. The zero-order valence-corrected chi connectivity index (χ0v) is 17.9. The number of nitrogens with zero attached hydrogens (tertiary/aromatic N) is 3. The normalized spacial score (nSPS) is 21.0. The van der Waals surface area contributed by atoms with Crippen LogP contribution in [0, 0.1) is 0 Å². The Bertz CT molecular complexity index is 785. The van der Waals surface area contributed by atoms with Crippen LogP contribution in [0.4, 0.5) is 0 Å². The molecule has 1 aliphatic carbocycles. The number of hydrogen-bond acceptors (Lipinski definition) is 7. The van der Waals surface area contributed by atoms with E-state index in [1.165, 1.54) is 17.8 Å². The van der Waals surface area contributed by atoms with Crippen molar-refractivity contribution in [1.29, 1.82) is 0 Å². The van der Waals surface area contributed by atoms with Crippen molar-refractivity contribution in [3.8, 4) is 0 Å². The predicted molar refractivity (Wildman–Crippen MR) is 112 cm³/mol. The van der Waals surface area contributed by atoms with Gasteiger partial charge in [0.15, 0.2) is 5.69 Å². The highest BCUT2D eigenvalue weighted by Crippen LogP contribution is 2.30. The lowest BCUT2D eigenvalue weighted by atomic mass is 9.95. The Morgan fingerprint density at radius 3 is 2.76 bits per heavy atom. The second kappa shape index (κ2) is 9.77. The van der Waals surface area contributed by atoms with Gasteiger partial charge in [0.1, 0.15) is 6.04 Å². The maximum absolute atomic E-state index is 13.4. The van der Waals surface area contributed by atoms with E-state index < -0.39 is 6.04 Å². The first-order chi connectivity index (χ1) is 14.2. The molecule has 2 aromatic rings. The number of thiophene rings is 1. The molecular formula is C20H26N4O3S2. The Balaban J connectivity index is 1.61. The second-order valence-corrected chi connectivity index (χ2v) is 9.23. The molecule has 9 heteroatoms. The third-order valence-corrected chi connectivity index (χ3v) is 7.02. The van der Waals surface area contributed by atoms with Gasteiger partial charge in [0, 0.05) is 29.5 Å². The molecule has 29 heavy (non-hydrogen) atoms. The SMILES string of the molecule is O=C(NC1CCCCC1)[C@@H](c1cccs1)N(C[C@@H]1CCCO1)C(=O)c1csnn1. The number of rotatable bonds is 7. The first-order valence-electron chi connectivity index (χ1n) is 10.3. The molecule has 156 valence electrons. The molecule has 1 aliphatic heterocycles. The average molecular weight is 435 g/mol. The van der Waals surface area contributed by atoms with Gasteiger partial charge < -0.3 is 15.0 Å². The first kappa shape index (κ1) is 20.4. The monoisotopic (exact) mass is 434 g/mol. The minimum atomic E-state index is -0.685. The summed E-state index contributed by atoms with van der Waals surface area (Å²) in [5.74, 6) is -0.389. The summed E-state index contributed by atoms with van der Waals surface area (Å²) in [5, 5.41) is 10.7. The molecule has 4 rings (SSSR count). The first-order valence-corrected chi connectivity index (χ1v) is 12.0. The van der Waals surface area contributed by atoms with Crippen LogP contribution in [0.15, 0.2) is 22.9 Å². The Hall–Kier alpha value is -1.84. The fourth-order valence-electron chi connectivity index (χ4n) is 4.12. The van der Waals surface area contributed by atoms with E-state index in [0.717, 1.165) is 54.9 Å². The van der Waals surface area contributed by atoms with Gasteiger partial charge in [-0.25, -0.2) is 0 Å². The number of carbonyl (C=O) groups excluding carboxylic acids is 2. The summed E-state index contributed by atoms with van der Waals surface area (Å²) >= 11 is 2.63. The topological polar surface area (TPSA) is 84.4 Å². The summed E-state index contributed by atoms with van der Waals surface area (Å²) in [5.41, 5.74) is 0.278. The lowest BCUT2D eigenvalue weighted by molar-refractivity contribution is -0.127. The van der Waals surface area contributed by atoms with Crippen LogP contribution in [0.25, 0.3) is 0 Å². The summed E-state index contributed by atoms with van der Waals surface area (Å²) in [6, 6.07) is 3.33. The van der Waals surface area contributed by atoms with Crippen molar-refractivity contribution in [3.05, 3.63) is 33.5 Å². The van der Waals surface area contributed by atoms with E-state index in [-0.39, 0.29) is 29.7 Å². The molecule has 2 amide bonds. The summed E-state index contributed by atoms with van der Waals surface area (Å²) in [4.78, 5) is 29.2. The van der Waals surface area contributed by atoms with Crippen LogP contribution >= 0.6 is 22.9 Å². The van der Waals surface area contributed by atoms with E-state index in [1.807, 2.05) is 17.5 Å². The summed E-state index contributed by atoms with van der Waals surface area (Å²) in [6.45, 7) is 1.07. The van der Waals surface area contributed by atoms with E-state index in [2.05, 4.69) is 14.9 Å². The van der Waals surface area contributed by atoms with Gasteiger partial charge in [-0.15, -0.1) is 16.4 Å². The highest BCUT2D eigenvalue weighted by molar-refractivity contribution is 7.10. The van der Waals surface area contributed by atoms with E-state index in [4.69, 9.17) is 4.74 Å². The van der Waals surface area contributed by atoms with Crippen molar-refractivity contribution in [2.45, 2.75) is 63.1 Å². The highest BCUT2D eigenvalue weighted by Gasteiger charge is 2.37. The van der Waals surface area contributed by atoms with Crippen LogP contribution in [0.5, 0.6) is 0 Å². The van der Waals surface area contributed by atoms with Crippen molar-refractivity contribution >= 4 is 34.7 Å². The largest absolute Gasteiger partial charge is 0.376 e. The van der Waals surface area contributed by atoms with Crippen molar-refractivity contribution in [1.82, 2.24) is 19.8 Å². The molecule has 1 saturated carbocycles. The van der Waals surface area contributed by atoms with Crippen LogP contribution in [0.3, 0.4) is 0 Å². The summed E-state index contributed by atoms with van der Waals surface area (Å²) in [6.07, 6.45) is 7.30. The highest BCUT2D eigenvalue weighted by atomic mass is 32.1. The van der Waals surface area contributed by atoms with Crippen molar-refractivity contribution in [2.24, 2.45) is 0 Å². The second-order valence-electron chi connectivity index (χ2n) is 7.64. The minimum Gasteiger partial charge on any atom is -0.376 e. The molecule has 1 saturated heterocycles. The van der Waals surface area contributed by atoms with Crippen LogP contribution in [0.2, 0.25) is 0 Å². The minimum absolute atomic E-state index is 0.0597. The smallest absolute Gasteiger partial charge is 0.276 e. The fourth-order valence-corrected chi connectivity index (χ4v) is 5.38. The zero-order valence-electron chi connectivity index (χ0n) is 16.3. The average Bonchev–Trinajstić information content (AvgIpc) is 3.51. The molecule has 0 aromatic carbocycles. The van der Waals surface area contributed by atoms with Gasteiger partial charge in [-0.3, -0.25) is 9.59 Å². The van der Waals surface area contributed by atoms with Gasteiger partial charge in [-0.2, -0.15) is 0 Å².